The molecule has 0 heterocycles. The predicted octanol–water partition coefficient (Wildman–Crippen LogP) is 6.40. The Bertz CT molecular complexity index is 873. The molecule has 0 amide bonds. The summed E-state index contributed by atoms with van der Waals surface area (Å²) in [6.07, 6.45) is 8.44. The first-order chi connectivity index (χ1) is 14.5. The minimum absolute atomic E-state index is 0.325. The van der Waals surface area contributed by atoms with Crippen molar-refractivity contribution in [3.8, 4) is 11.5 Å². The SMILES string of the molecule is COc1ccc(Br)c(CNC23CC4CC(CC(C4)C2)C3)c1OCc1ccc(C)cc1. The summed E-state index contributed by atoms with van der Waals surface area (Å²) in [5.41, 5.74) is 3.92. The number of benzene rings is 2. The molecule has 4 aliphatic carbocycles. The first-order valence-electron chi connectivity index (χ1n) is 11.3. The maximum absolute atomic E-state index is 6.34. The van der Waals surface area contributed by atoms with Crippen molar-refractivity contribution < 1.29 is 9.47 Å². The van der Waals surface area contributed by atoms with Crippen LogP contribution in [0, 0.1) is 24.7 Å². The van der Waals surface area contributed by atoms with Crippen molar-refractivity contribution in [3.05, 3.63) is 57.6 Å². The van der Waals surface area contributed by atoms with Gasteiger partial charge in [0.15, 0.2) is 11.5 Å². The number of methoxy groups -OCH3 is 1. The van der Waals surface area contributed by atoms with Crippen LogP contribution in [0.1, 0.15) is 55.2 Å². The molecule has 4 bridgehead atoms. The molecule has 160 valence electrons. The van der Waals surface area contributed by atoms with Crippen LogP contribution in [-0.2, 0) is 13.2 Å². The highest BCUT2D eigenvalue weighted by Gasteiger charge is 2.50. The van der Waals surface area contributed by atoms with E-state index in [2.05, 4.69) is 58.5 Å². The molecule has 30 heavy (non-hydrogen) atoms. The number of halogens is 1. The largest absolute Gasteiger partial charge is 0.493 e. The van der Waals surface area contributed by atoms with Crippen LogP contribution in [0.3, 0.4) is 0 Å². The van der Waals surface area contributed by atoms with E-state index in [1.165, 1.54) is 49.7 Å². The number of nitrogens with one attached hydrogen (secondary N) is 1. The van der Waals surface area contributed by atoms with Crippen LogP contribution in [0.2, 0.25) is 0 Å². The Morgan fingerprint density at radius 3 is 2.20 bits per heavy atom. The Morgan fingerprint density at radius 2 is 1.60 bits per heavy atom. The predicted molar refractivity (Wildman–Crippen MR) is 124 cm³/mol. The Morgan fingerprint density at radius 1 is 0.967 bits per heavy atom. The quantitative estimate of drug-likeness (QED) is 0.508. The van der Waals surface area contributed by atoms with E-state index in [1.807, 2.05) is 6.07 Å². The molecular weight excluding hydrogens is 438 g/mol. The van der Waals surface area contributed by atoms with E-state index in [4.69, 9.17) is 9.47 Å². The van der Waals surface area contributed by atoms with Crippen molar-refractivity contribution in [2.75, 3.05) is 7.11 Å². The number of hydrogen-bond acceptors (Lipinski definition) is 3. The summed E-state index contributed by atoms with van der Waals surface area (Å²) in [6.45, 7) is 3.46. The summed E-state index contributed by atoms with van der Waals surface area (Å²) in [6, 6.07) is 12.6. The maximum atomic E-state index is 6.34. The third-order valence-corrected chi connectivity index (χ3v) is 8.31. The number of rotatable bonds is 7. The van der Waals surface area contributed by atoms with Crippen LogP contribution >= 0.6 is 15.9 Å². The van der Waals surface area contributed by atoms with Gasteiger partial charge in [-0.2, -0.15) is 0 Å². The molecule has 1 N–H and O–H groups in total. The van der Waals surface area contributed by atoms with Crippen LogP contribution in [0.5, 0.6) is 11.5 Å². The van der Waals surface area contributed by atoms with Gasteiger partial charge in [0.2, 0.25) is 0 Å². The molecule has 0 aliphatic heterocycles. The lowest BCUT2D eigenvalue weighted by atomic mass is 9.53. The molecule has 3 nitrogen and oxygen atoms in total. The zero-order valence-electron chi connectivity index (χ0n) is 18.0. The zero-order valence-corrected chi connectivity index (χ0v) is 19.6. The van der Waals surface area contributed by atoms with E-state index < -0.39 is 0 Å². The fourth-order valence-electron chi connectivity index (χ4n) is 6.51. The highest BCUT2D eigenvalue weighted by atomic mass is 79.9. The smallest absolute Gasteiger partial charge is 0.167 e. The zero-order chi connectivity index (χ0) is 20.7. The third kappa shape index (κ3) is 4.01. The normalized spacial score (nSPS) is 29.2. The second-order valence-electron chi connectivity index (χ2n) is 9.88. The monoisotopic (exact) mass is 469 g/mol. The van der Waals surface area contributed by atoms with Gasteiger partial charge in [-0.05, 0) is 80.9 Å². The molecule has 0 unspecified atom stereocenters. The second-order valence-corrected chi connectivity index (χ2v) is 10.7. The number of hydrogen-bond donors (Lipinski definition) is 1. The fraction of sp³-hybridized carbons (Fsp3) is 0.538. The minimum Gasteiger partial charge on any atom is -0.493 e. The Balaban J connectivity index is 1.35. The Labute approximate surface area is 188 Å². The number of aryl methyl sites for hydroxylation is 1. The first-order valence-corrected chi connectivity index (χ1v) is 12.1. The number of ether oxygens (including phenoxy) is 2. The van der Waals surface area contributed by atoms with Crippen molar-refractivity contribution in [2.45, 2.75) is 64.1 Å². The average molecular weight is 470 g/mol. The highest BCUT2D eigenvalue weighted by molar-refractivity contribution is 9.10. The Hall–Kier alpha value is -1.52. The van der Waals surface area contributed by atoms with Gasteiger partial charge in [-0.1, -0.05) is 45.8 Å². The van der Waals surface area contributed by atoms with Crippen molar-refractivity contribution in [1.29, 1.82) is 0 Å². The highest BCUT2D eigenvalue weighted by Crippen LogP contribution is 2.55. The summed E-state index contributed by atoms with van der Waals surface area (Å²) < 4.78 is 13.1. The van der Waals surface area contributed by atoms with Crippen LogP contribution in [0.25, 0.3) is 0 Å². The van der Waals surface area contributed by atoms with Gasteiger partial charge in [0.1, 0.15) is 6.61 Å². The second kappa shape index (κ2) is 8.20. The molecule has 6 rings (SSSR count). The molecule has 2 aromatic carbocycles. The van der Waals surface area contributed by atoms with E-state index in [0.717, 1.165) is 45.8 Å². The molecule has 4 saturated carbocycles. The van der Waals surface area contributed by atoms with Crippen molar-refractivity contribution in [2.24, 2.45) is 17.8 Å². The molecule has 0 saturated heterocycles. The molecule has 0 spiro atoms. The van der Waals surface area contributed by atoms with Crippen LogP contribution in [-0.4, -0.2) is 12.6 Å². The summed E-state index contributed by atoms with van der Waals surface area (Å²) in [7, 11) is 1.72. The van der Waals surface area contributed by atoms with Gasteiger partial charge in [0, 0.05) is 22.1 Å². The minimum atomic E-state index is 0.325. The lowest BCUT2D eigenvalue weighted by Gasteiger charge is -2.57. The van der Waals surface area contributed by atoms with Gasteiger partial charge in [0.25, 0.3) is 0 Å². The molecule has 0 aromatic heterocycles. The summed E-state index contributed by atoms with van der Waals surface area (Å²) in [4.78, 5) is 0. The van der Waals surface area contributed by atoms with Crippen LogP contribution in [0.15, 0.2) is 40.9 Å². The molecular formula is C26H32BrNO2. The summed E-state index contributed by atoms with van der Waals surface area (Å²) in [5.74, 6) is 4.47. The third-order valence-electron chi connectivity index (χ3n) is 7.57. The van der Waals surface area contributed by atoms with Crippen molar-refractivity contribution in [3.63, 3.8) is 0 Å². The van der Waals surface area contributed by atoms with Gasteiger partial charge in [-0.15, -0.1) is 0 Å². The van der Waals surface area contributed by atoms with Gasteiger partial charge in [-0.3, -0.25) is 0 Å². The maximum Gasteiger partial charge on any atom is 0.167 e. The molecule has 4 aliphatic rings. The topological polar surface area (TPSA) is 30.5 Å². The molecule has 0 radical (unpaired) electrons. The van der Waals surface area contributed by atoms with E-state index in [9.17, 15) is 0 Å². The molecule has 4 fully saturated rings. The van der Waals surface area contributed by atoms with Crippen LogP contribution < -0.4 is 14.8 Å². The molecule has 0 atom stereocenters. The molecule has 2 aromatic rings. The van der Waals surface area contributed by atoms with Gasteiger partial charge >= 0.3 is 0 Å². The van der Waals surface area contributed by atoms with E-state index in [1.54, 1.807) is 7.11 Å². The summed E-state index contributed by atoms with van der Waals surface area (Å²) in [5, 5.41) is 4.02. The van der Waals surface area contributed by atoms with Crippen LogP contribution in [0.4, 0.5) is 0 Å². The lowest BCUT2D eigenvalue weighted by Crippen LogP contribution is -2.58. The van der Waals surface area contributed by atoms with Gasteiger partial charge in [0.05, 0.1) is 7.11 Å². The van der Waals surface area contributed by atoms with E-state index >= 15 is 0 Å². The van der Waals surface area contributed by atoms with Gasteiger partial charge in [-0.25, -0.2) is 0 Å². The fourth-order valence-corrected chi connectivity index (χ4v) is 6.96. The Kier molecular flexibility index (Phi) is 5.57. The summed E-state index contributed by atoms with van der Waals surface area (Å²) >= 11 is 3.78. The van der Waals surface area contributed by atoms with Gasteiger partial charge < -0.3 is 14.8 Å². The van der Waals surface area contributed by atoms with Crippen molar-refractivity contribution in [1.82, 2.24) is 5.32 Å². The van der Waals surface area contributed by atoms with E-state index in [-0.39, 0.29) is 0 Å². The standard InChI is InChI=1S/C26H32BrNO2/c1-17-3-5-18(6-4-17)16-30-25-22(23(27)7-8-24(25)29-2)15-28-26-12-19-9-20(13-26)11-21(10-19)14-26/h3-8,19-21,28H,9-16H2,1-2H3. The molecule has 4 heteroatoms. The average Bonchev–Trinajstić information content (AvgIpc) is 2.71. The van der Waals surface area contributed by atoms with E-state index in [0.29, 0.717) is 12.1 Å². The van der Waals surface area contributed by atoms with Crippen molar-refractivity contribution >= 4 is 15.9 Å². The first kappa shape index (κ1) is 20.4. The lowest BCUT2D eigenvalue weighted by molar-refractivity contribution is -0.0207.